The van der Waals surface area contributed by atoms with E-state index in [9.17, 15) is 4.79 Å². The number of likely N-dealkylation sites (N-methyl/N-ethyl adjacent to an activating group) is 1. The Kier molecular flexibility index (Phi) is 4.36. The fourth-order valence-electron chi connectivity index (χ4n) is 1.97. The average molecular weight is 258 g/mol. The van der Waals surface area contributed by atoms with Gasteiger partial charge in [0.1, 0.15) is 0 Å². The number of amides is 1. The lowest BCUT2D eigenvalue weighted by Gasteiger charge is -2.20. The number of nitrogens with zero attached hydrogens (tertiary/aromatic N) is 1. The Morgan fingerprint density at radius 3 is 2.63 bits per heavy atom. The molecule has 0 saturated carbocycles. The van der Waals surface area contributed by atoms with Gasteiger partial charge in [-0.25, -0.2) is 0 Å². The lowest BCUT2D eigenvalue weighted by atomic mass is 10.1. The molecule has 100 valence electrons. The topological polar surface area (TPSA) is 59.5 Å². The monoisotopic (exact) mass is 258 g/mol. The molecule has 1 aromatic heterocycles. The number of hydrogen-bond acceptors (Lipinski definition) is 3. The van der Waals surface area contributed by atoms with Crippen LogP contribution in [0.2, 0.25) is 0 Å². The number of furan rings is 1. The molecular formula is C15H18N2O2. The summed E-state index contributed by atoms with van der Waals surface area (Å²) in [5, 5.41) is 0. The van der Waals surface area contributed by atoms with Crippen molar-refractivity contribution in [2.24, 2.45) is 5.73 Å². The first-order valence-corrected chi connectivity index (χ1v) is 6.22. The number of carbonyl (C=O) groups is 1. The number of benzene rings is 1. The highest BCUT2D eigenvalue weighted by Gasteiger charge is 2.18. The van der Waals surface area contributed by atoms with Crippen molar-refractivity contribution in [1.29, 1.82) is 0 Å². The van der Waals surface area contributed by atoms with Crippen molar-refractivity contribution in [3.63, 3.8) is 0 Å². The summed E-state index contributed by atoms with van der Waals surface area (Å²) in [7, 11) is 1.75. The van der Waals surface area contributed by atoms with E-state index in [1.807, 2.05) is 36.4 Å². The molecule has 1 amide bonds. The number of hydrogen-bond donors (Lipinski definition) is 1. The Labute approximate surface area is 112 Å². The second-order valence-corrected chi connectivity index (χ2v) is 4.62. The van der Waals surface area contributed by atoms with Gasteiger partial charge in [0.05, 0.1) is 18.6 Å². The minimum atomic E-state index is -0.515. The molecule has 19 heavy (non-hydrogen) atoms. The normalized spacial score (nSPS) is 12.1. The van der Waals surface area contributed by atoms with Crippen molar-refractivity contribution in [1.82, 2.24) is 4.90 Å². The van der Waals surface area contributed by atoms with E-state index < -0.39 is 6.04 Å². The summed E-state index contributed by atoms with van der Waals surface area (Å²) in [6.07, 6.45) is 3.78. The third kappa shape index (κ3) is 3.69. The molecule has 0 saturated heterocycles. The summed E-state index contributed by atoms with van der Waals surface area (Å²) in [5.74, 6) is -0.0648. The maximum absolute atomic E-state index is 12.1. The molecule has 0 unspecified atom stereocenters. The summed E-state index contributed by atoms with van der Waals surface area (Å²) in [5.41, 5.74) is 7.99. The molecule has 0 aliphatic rings. The minimum absolute atomic E-state index is 0.0648. The molecule has 1 aromatic carbocycles. The molecule has 2 N–H and O–H groups in total. The van der Waals surface area contributed by atoms with Gasteiger partial charge < -0.3 is 15.1 Å². The Morgan fingerprint density at radius 1 is 1.26 bits per heavy atom. The summed E-state index contributed by atoms with van der Waals surface area (Å²) >= 11 is 0. The third-order valence-corrected chi connectivity index (χ3v) is 2.99. The van der Waals surface area contributed by atoms with Gasteiger partial charge in [-0.1, -0.05) is 30.3 Å². The van der Waals surface area contributed by atoms with E-state index in [2.05, 4.69) is 0 Å². The largest absolute Gasteiger partial charge is 0.472 e. The van der Waals surface area contributed by atoms with E-state index in [4.69, 9.17) is 10.2 Å². The van der Waals surface area contributed by atoms with Crippen LogP contribution in [0.4, 0.5) is 0 Å². The zero-order valence-electron chi connectivity index (χ0n) is 11.0. The number of rotatable bonds is 5. The Balaban J connectivity index is 1.91. The van der Waals surface area contributed by atoms with Crippen LogP contribution in [0.1, 0.15) is 11.1 Å². The van der Waals surface area contributed by atoms with Crippen molar-refractivity contribution in [2.45, 2.75) is 19.0 Å². The highest BCUT2D eigenvalue weighted by atomic mass is 16.3. The fourth-order valence-corrected chi connectivity index (χ4v) is 1.97. The maximum atomic E-state index is 12.1. The van der Waals surface area contributed by atoms with Crippen molar-refractivity contribution < 1.29 is 9.21 Å². The standard InChI is InChI=1S/C15H18N2O2/c1-17(10-13-7-8-19-11-13)15(18)14(16)9-12-5-3-2-4-6-12/h2-8,11,14H,9-10,16H2,1H3/t14-/m1/s1. The number of carbonyl (C=O) groups excluding carboxylic acids is 1. The molecule has 2 rings (SSSR count). The molecule has 0 aliphatic carbocycles. The van der Waals surface area contributed by atoms with Crippen LogP contribution >= 0.6 is 0 Å². The van der Waals surface area contributed by atoms with Crippen LogP contribution in [0.15, 0.2) is 53.3 Å². The molecule has 2 aromatic rings. The highest BCUT2D eigenvalue weighted by Crippen LogP contribution is 2.07. The molecule has 0 fully saturated rings. The van der Waals surface area contributed by atoms with Crippen LogP contribution < -0.4 is 5.73 Å². The van der Waals surface area contributed by atoms with Gasteiger partial charge in [0.2, 0.25) is 5.91 Å². The lowest BCUT2D eigenvalue weighted by Crippen LogP contribution is -2.42. The second kappa shape index (κ2) is 6.20. The first-order chi connectivity index (χ1) is 9.16. The van der Waals surface area contributed by atoms with Crippen molar-refractivity contribution in [3.05, 3.63) is 60.1 Å². The second-order valence-electron chi connectivity index (χ2n) is 4.62. The van der Waals surface area contributed by atoms with Gasteiger partial charge in [-0.15, -0.1) is 0 Å². The van der Waals surface area contributed by atoms with Crippen LogP contribution in [0.3, 0.4) is 0 Å². The van der Waals surface area contributed by atoms with Gasteiger partial charge in [0.25, 0.3) is 0 Å². The molecule has 1 atom stereocenters. The molecule has 1 heterocycles. The first-order valence-electron chi connectivity index (χ1n) is 6.22. The number of nitrogens with two attached hydrogens (primary N) is 1. The molecule has 0 radical (unpaired) electrons. The summed E-state index contributed by atoms with van der Waals surface area (Å²) < 4.78 is 4.98. The van der Waals surface area contributed by atoms with E-state index in [0.29, 0.717) is 13.0 Å². The van der Waals surface area contributed by atoms with Crippen molar-refractivity contribution >= 4 is 5.91 Å². The van der Waals surface area contributed by atoms with E-state index in [-0.39, 0.29) is 5.91 Å². The Bertz CT molecular complexity index is 508. The molecular weight excluding hydrogens is 240 g/mol. The SMILES string of the molecule is CN(Cc1ccoc1)C(=O)[C@H](N)Cc1ccccc1. The van der Waals surface area contributed by atoms with Crippen LogP contribution in [0, 0.1) is 0 Å². The van der Waals surface area contributed by atoms with Crippen LogP contribution in [-0.2, 0) is 17.8 Å². The first kappa shape index (κ1) is 13.4. The van der Waals surface area contributed by atoms with Crippen molar-refractivity contribution in [2.75, 3.05) is 7.05 Å². The predicted octanol–water partition coefficient (Wildman–Crippen LogP) is 1.81. The van der Waals surface area contributed by atoms with Gasteiger partial charge >= 0.3 is 0 Å². The Hall–Kier alpha value is -2.07. The van der Waals surface area contributed by atoms with E-state index in [1.165, 1.54) is 0 Å². The Morgan fingerprint density at radius 2 is 2.00 bits per heavy atom. The van der Waals surface area contributed by atoms with Crippen LogP contribution in [-0.4, -0.2) is 23.9 Å². The molecule has 0 spiro atoms. The molecule has 4 nitrogen and oxygen atoms in total. The maximum Gasteiger partial charge on any atom is 0.239 e. The van der Waals surface area contributed by atoms with Gasteiger partial charge in [-0.05, 0) is 18.1 Å². The van der Waals surface area contributed by atoms with Crippen molar-refractivity contribution in [3.8, 4) is 0 Å². The van der Waals surface area contributed by atoms with E-state index >= 15 is 0 Å². The summed E-state index contributed by atoms with van der Waals surface area (Å²) in [6, 6.07) is 11.1. The zero-order chi connectivity index (χ0) is 13.7. The van der Waals surface area contributed by atoms with Gasteiger partial charge in [0, 0.05) is 19.2 Å². The van der Waals surface area contributed by atoms with Gasteiger partial charge in [0.15, 0.2) is 0 Å². The summed E-state index contributed by atoms with van der Waals surface area (Å²) in [4.78, 5) is 13.8. The fraction of sp³-hybridized carbons (Fsp3) is 0.267. The smallest absolute Gasteiger partial charge is 0.239 e. The predicted molar refractivity (Wildman–Crippen MR) is 73.3 cm³/mol. The third-order valence-electron chi connectivity index (χ3n) is 2.99. The quantitative estimate of drug-likeness (QED) is 0.889. The van der Waals surface area contributed by atoms with Crippen LogP contribution in [0.5, 0.6) is 0 Å². The van der Waals surface area contributed by atoms with Gasteiger partial charge in [-0.2, -0.15) is 0 Å². The lowest BCUT2D eigenvalue weighted by molar-refractivity contribution is -0.131. The highest BCUT2D eigenvalue weighted by molar-refractivity contribution is 5.81. The van der Waals surface area contributed by atoms with E-state index in [1.54, 1.807) is 24.5 Å². The van der Waals surface area contributed by atoms with Crippen LogP contribution in [0.25, 0.3) is 0 Å². The van der Waals surface area contributed by atoms with Gasteiger partial charge in [-0.3, -0.25) is 4.79 Å². The summed E-state index contributed by atoms with van der Waals surface area (Å²) in [6.45, 7) is 0.512. The zero-order valence-corrected chi connectivity index (χ0v) is 11.0. The van der Waals surface area contributed by atoms with E-state index in [0.717, 1.165) is 11.1 Å². The molecule has 4 heteroatoms. The molecule has 0 aliphatic heterocycles. The molecule has 0 bridgehead atoms. The minimum Gasteiger partial charge on any atom is -0.472 e. The average Bonchev–Trinajstić information content (AvgIpc) is 2.91.